The van der Waals surface area contributed by atoms with Crippen LogP contribution in [0.3, 0.4) is 0 Å². The number of nitrogens with one attached hydrogen (secondary N) is 1. The fourth-order valence-electron chi connectivity index (χ4n) is 4.67. The van der Waals surface area contributed by atoms with Gasteiger partial charge in [-0.15, -0.1) is 0 Å². The third kappa shape index (κ3) is 4.96. The van der Waals surface area contributed by atoms with Crippen LogP contribution in [0.5, 0.6) is 5.75 Å². The van der Waals surface area contributed by atoms with Crippen molar-refractivity contribution in [2.24, 2.45) is 0 Å². The van der Waals surface area contributed by atoms with Crippen molar-refractivity contribution < 1.29 is 14.4 Å². The zero-order valence-electron chi connectivity index (χ0n) is 19.1. The molecule has 0 unspecified atom stereocenters. The van der Waals surface area contributed by atoms with E-state index >= 15 is 0 Å². The topological polar surface area (TPSA) is 40.5 Å². The minimum absolute atomic E-state index is 0.297. The van der Waals surface area contributed by atoms with E-state index in [1.807, 2.05) is 12.1 Å². The summed E-state index contributed by atoms with van der Waals surface area (Å²) in [5.74, 6) is 1.19. The van der Waals surface area contributed by atoms with Crippen molar-refractivity contribution >= 4 is 17.3 Å². The van der Waals surface area contributed by atoms with Crippen LogP contribution in [0.15, 0.2) is 42.5 Å². The van der Waals surface area contributed by atoms with Crippen LogP contribution in [-0.2, 0) is 4.79 Å². The van der Waals surface area contributed by atoms with Gasteiger partial charge in [-0.2, -0.15) is 0 Å². The summed E-state index contributed by atoms with van der Waals surface area (Å²) >= 11 is 0. The van der Waals surface area contributed by atoms with E-state index in [0.29, 0.717) is 12.5 Å². The van der Waals surface area contributed by atoms with Crippen molar-refractivity contribution in [1.82, 2.24) is 4.90 Å². The van der Waals surface area contributed by atoms with Crippen molar-refractivity contribution in [3.05, 3.63) is 53.6 Å². The van der Waals surface area contributed by atoms with Crippen LogP contribution in [0.25, 0.3) is 0 Å². The highest BCUT2D eigenvalue weighted by molar-refractivity contribution is 5.77. The van der Waals surface area contributed by atoms with E-state index in [-0.39, 0.29) is 0 Å². The zero-order valence-corrected chi connectivity index (χ0v) is 19.1. The average molecular weight is 424 g/mol. The SMILES string of the molecule is COc1cccc(N2CC[NH+](CC(=O)N3CCN(c4cccc(C)c4C)CC3)CC2)c1. The quantitative estimate of drug-likeness (QED) is 0.789. The van der Waals surface area contributed by atoms with Crippen molar-refractivity contribution in [3.63, 3.8) is 0 Å². The molecule has 0 bridgehead atoms. The molecule has 4 rings (SSSR count). The Labute approximate surface area is 186 Å². The largest absolute Gasteiger partial charge is 0.497 e. The molecule has 0 radical (unpaired) electrons. The van der Waals surface area contributed by atoms with Gasteiger partial charge in [0.25, 0.3) is 5.91 Å². The zero-order chi connectivity index (χ0) is 21.8. The molecule has 0 saturated carbocycles. The molecular formula is C25H35N4O2+. The van der Waals surface area contributed by atoms with Crippen molar-refractivity contribution in [2.75, 3.05) is 75.8 Å². The van der Waals surface area contributed by atoms with Crippen LogP contribution in [0.4, 0.5) is 11.4 Å². The molecule has 2 aromatic rings. The Bertz CT molecular complexity index is 900. The lowest BCUT2D eigenvalue weighted by molar-refractivity contribution is -0.892. The first-order valence-electron chi connectivity index (χ1n) is 11.4. The number of nitrogens with zero attached hydrogens (tertiary/aromatic N) is 3. The van der Waals surface area contributed by atoms with Crippen LogP contribution in [0, 0.1) is 13.8 Å². The minimum Gasteiger partial charge on any atom is -0.497 e. The Balaban J connectivity index is 1.25. The summed E-state index contributed by atoms with van der Waals surface area (Å²) in [6, 6.07) is 14.7. The second-order valence-electron chi connectivity index (χ2n) is 8.70. The van der Waals surface area contributed by atoms with Gasteiger partial charge < -0.3 is 24.3 Å². The lowest BCUT2D eigenvalue weighted by atomic mass is 10.1. The summed E-state index contributed by atoms with van der Waals surface area (Å²) in [6.45, 7) is 12.3. The number of methoxy groups -OCH3 is 1. The van der Waals surface area contributed by atoms with Crippen LogP contribution in [0.2, 0.25) is 0 Å². The Morgan fingerprint density at radius 1 is 0.935 bits per heavy atom. The molecule has 2 saturated heterocycles. The first-order valence-corrected chi connectivity index (χ1v) is 11.4. The third-order valence-corrected chi connectivity index (χ3v) is 6.84. The Hall–Kier alpha value is -2.73. The number of rotatable bonds is 5. The molecule has 2 aromatic carbocycles. The number of carbonyl (C=O) groups is 1. The Morgan fingerprint density at radius 2 is 1.65 bits per heavy atom. The molecular weight excluding hydrogens is 388 g/mol. The van der Waals surface area contributed by atoms with Gasteiger partial charge in [-0.3, -0.25) is 4.79 Å². The van der Waals surface area contributed by atoms with Crippen molar-refractivity contribution in [3.8, 4) is 5.75 Å². The molecule has 0 aromatic heterocycles. The molecule has 166 valence electrons. The number of anilines is 2. The van der Waals surface area contributed by atoms with Gasteiger partial charge in [-0.25, -0.2) is 0 Å². The molecule has 1 amide bonds. The number of benzene rings is 2. The number of amides is 1. The van der Waals surface area contributed by atoms with E-state index in [0.717, 1.165) is 58.1 Å². The lowest BCUT2D eigenvalue weighted by Crippen LogP contribution is -3.16. The molecule has 2 aliphatic heterocycles. The molecule has 31 heavy (non-hydrogen) atoms. The molecule has 1 N–H and O–H groups in total. The summed E-state index contributed by atoms with van der Waals surface area (Å²) < 4.78 is 5.35. The van der Waals surface area contributed by atoms with E-state index < -0.39 is 0 Å². The van der Waals surface area contributed by atoms with Gasteiger partial charge in [-0.1, -0.05) is 18.2 Å². The van der Waals surface area contributed by atoms with E-state index in [9.17, 15) is 4.79 Å². The highest BCUT2D eigenvalue weighted by Crippen LogP contribution is 2.24. The van der Waals surface area contributed by atoms with Crippen LogP contribution in [-0.4, -0.2) is 76.8 Å². The summed E-state index contributed by atoms with van der Waals surface area (Å²) in [4.78, 5) is 21.2. The van der Waals surface area contributed by atoms with E-state index in [2.05, 4.69) is 58.9 Å². The van der Waals surface area contributed by atoms with Crippen molar-refractivity contribution in [2.45, 2.75) is 13.8 Å². The summed E-state index contributed by atoms with van der Waals surface area (Å²) in [5.41, 5.74) is 5.19. The molecule has 2 aliphatic rings. The number of piperazine rings is 2. The second-order valence-corrected chi connectivity index (χ2v) is 8.70. The molecule has 6 nitrogen and oxygen atoms in total. The third-order valence-electron chi connectivity index (χ3n) is 6.84. The normalized spacial score (nSPS) is 17.7. The van der Waals surface area contributed by atoms with Crippen LogP contribution in [0.1, 0.15) is 11.1 Å². The predicted octanol–water partition coefficient (Wildman–Crippen LogP) is 1.37. The maximum atomic E-state index is 12.9. The minimum atomic E-state index is 0.297. The molecule has 0 aliphatic carbocycles. The monoisotopic (exact) mass is 423 g/mol. The molecule has 2 heterocycles. The summed E-state index contributed by atoms with van der Waals surface area (Å²) in [6.07, 6.45) is 0. The van der Waals surface area contributed by atoms with Gasteiger partial charge >= 0.3 is 0 Å². The van der Waals surface area contributed by atoms with Crippen LogP contribution >= 0.6 is 0 Å². The summed E-state index contributed by atoms with van der Waals surface area (Å²) in [5, 5.41) is 0. The molecule has 2 fully saturated rings. The average Bonchev–Trinajstić information content (AvgIpc) is 2.81. The lowest BCUT2D eigenvalue weighted by Gasteiger charge is -2.38. The predicted molar refractivity (Wildman–Crippen MR) is 125 cm³/mol. The molecule has 0 spiro atoms. The van der Waals surface area contributed by atoms with Gasteiger partial charge in [-0.05, 0) is 43.2 Å². The Morgan fingerprint density at radius 3 is 2.35 bits per heavy atom. The van der Waals surface area contributed by atoms with Gasteiger partial charge in [0.05, 0.1) is 33.3 Å². The fraction of sp³-hybridized carbons (Fsp3) is 0.480. The van der Waals surface area contributed by atoms with Gasteiger partial charge in [0.2, 0.25) is 0 Å². The number of aryl methyl sites for hydroxylation is 1. The first kappa shape index (κ1) is 21.5. The van der Waals surface area contributed by atoms with E-state index in [1.54, 1.807) is 7.11 Å². The maximum absolute atomic E-state index is 12.9. The first-order chi connectivity index (χ1) is 15.0. The fourth-order valence-corrected chi connectivity index (χ4v) is 4.67. The van der Waals surface area contributed by atoms with Gasteiger partial charge in [0.1, 0.15) is 5.75 Å². The van der Waals surface area contributed by atoms with Gasteiger partial charge in [0, 0.05) is 43.6 Å². The highest BCUT2D eigenvalue weighted by atomic mass is 16.5. The van der Waals surface area contributed by atoms with E-state index in [4.69, 9.17) is 4.74 Å². The number of hydrogen-bond acceptors (Lipinski definition) is 4. The molecule has 6 heteroatoms. The smallest absolute Gasteiger partial charge is 0.277 e. The maximum Gasteiger partial charge on any atom is 0.277 e. The number of hydrogen-bond donors (Lipinski definition) is 1. The van der Waals surface area contributed by atoms with Crippen LogP contribution < -0.4 is 19.4 Å². The summed E-state index contributed by atoms with van der Waals surface area (Å²) in [7, 11) is 1.70. The number of ether oxygens (including phenoxy) is 1. The van der Waals surface area contributed by atoms with Gasteiger partial charge in [0.15, 0.2) is 6.54 Å². The van der Waals surface area contributed by atoms with E-state index in [1.165, 1.54) is 27.4 Å². The second kappa shape index (κ2) is 9.60. The number of quaternary nitrogens is 1. The standard InChI is InChI=1S/C25H34N4O2/c1-20-6-4-9-24(21(20)2)28-14-16-29(17-15-28)25(30)19-26-10-12-27(13-11-26)22-7-5-8-23(18-22)31-3/h4-9,18H,10-17,19H2,1-3H3/p+1. The highest BCUT2D eigenvalue weighted by Gasteiger charge is 2.27. The Kier molecular flexibility index (Phi) is 6.66. The molecule has 0 atom stereocenters. The van der Waals surface area contributed by atoms with Crippen molar-refractivity contribution in [1.29, 1.82) is 0 Å². The number of carbonyl (C=O) groups excluding carboxylic acids is 1.